The SMILES string of the molecule is CC(C)(C)NC(=O)N1CCC(S(=O)(=O)N2CCC(c3c[nH]c4ncccc34)CC2)CC1. The van der Waals surface area contributed by atoms with Crippen LogP contribution in [0.5, 0.6) is 0 Å². The number of nitrogens with zero attached hydrogens (tertiary/aromatic N) is 3. The van der Waals surface area contributed by atoms with Crippen molar-refractivity contribution in [1.82, 2.24) is 24.5 Å². The summed E-state index contributed by atoms with van der Waals surface area (Å²) in [4.78, 5) is 21.7. The van der Waals surface area contributed by atoms with Crippen LogP contribution < -0.4 is 5.32 Å². The summed E-state index contributed by atoms with van der Waals surface area (Å²) in [7, 11) is -3.35. The van der Waals surface area contributed by atoms with Crippen LogP contribution in [0.25, 0.3) is 11.0 Å². The Kier molecular flexibility index (Phi) is 6.00. The van der Waals surface area contributed by atoms with E-state index in [9.17, 15) is 13.2 Å². The second-order valence-corrected chi connectivity index (χ2v) is 11.9. The van der Waals surface area contributed by atoms with Gasteiger partial charge < -0.3 is 15.2 Å². The quantitative estimate of drug-likeness (QED) is 0.755. The highest BCUT2D eigenvalue weighted by atomic mass is 32.2. The van der Waals surface area contributed by atoms with E-state index in [0.29, 0.717) is 44.9 Å². The van der Waals surface area contributed by atoms with E-state index < -0.39 is 15.3 Å². The minimum atomic E-state index is -3.35. The number of aromatic amines is 1. The van der Waals surface area contributed by atoms with Gasteiger partial charge in [-0.15, -0.1) is 0 Å². The fraction of sp³-hybridized carbons (Fsp3) is 0.636. The van der Waals surface area contributed by atoms with Gasteiger partial charge in [-0.2, -0.15) is 0 Å². The highest BCUT2D eigenvalue weighted by Crippen LogP contribution is 2.34. The molecule has 4 heterocycles. The molecule has 0 unspecified atom stereocenters. The number of amides is 2. The van der Waals surface area contributed by atoms with E-state index in [-0.39, 0.29) is 11.6 Å². The second-order valence-electron chi connectivity index (χ2n) is 9.73. The summed E-state index contributed by atoms with van der Waals surface area (Å²) >= 11 is 0. The smallest absolute Gasteiger partial charge is 0.317 e. The van der Waals surface area contributed by atoms with Gasteiger partial charge in [0.2, 0.25) is 10.0 Å². The molecule has 2 aromatic rings. The molecule has 2 fully saturated rings. The predicted octanol–water partition coefficient (Wildman–Crippen LogP) is 3.04. The maximum absolute atomic E-state index is 13.2. The molecule has 0 aromatic carbocycles. The van der Waals surface area contributed by atoms with E-state index in [1.807, 2.05) is 33.0 Å². The summed E-state index contributed by atoms with van der Waals surface area (Å²) in [5.41, 5.74) is 1.82. The van der Waals surface area contributed by atoms with Crippen LogP contribution in [0, 0.1) is 0 Å². The lowest BCUT2D eigenvalue weighted by atomic mass is 9.90. The lowest BCUT2D eigenvalue weighted by molar-refractivity contribution is 0.177. The summed E-state index contributed by atoms with van der Waals surface area (Å²) in [5, 5.41) is 3.68. The Bertz CT molecular complexity index is 1030. The molecule has 2 amide bonds. The van der Waals surface area contributed by atoms with Crippen LogP contribution in [0.1, 0.15) is 57.9 Å². The average Bonchev–Trinajstić information content (AvgIpc) is 3.17. The number of likely N-dealkylation sites (tertiary alicyclic amines) is 1. The fourth-order valence-corrected chi connectivity index (χ4v) is 6.65. The Morgan fingerprint density at radius 2 is 1.81 bits per heavy atom. The molecule has 0 saturated carbocycles. The Labute approximate surface area is 184 Å². The van der Waals surface area contributed by atoms with Gasteiger partial charge in [-0.25, -0.2) is 22.5 Å². The zero-order chi connectivity index (χ0) is 22.2. The van der Waals surface area contributed by atoms with Gasteiger partial charge in [-0.3, -0.25) is 0 Å². The average molecular weight is 448 g/mol. The van der Waals surface area contributed by atoms with Crippen LogP contribution in [0.2, 0.25) is 0 Å². The van der Waals surface area contributed by atoms with E-state index in [0.717, 1.165) is 23.9 Å². The molecule has 9 heteroatoms. The topological polar surface area (TPSA) is 98.4 Å². The monoisotopic (exact) mass is 447 g/mol. The summed E-state index contributed by atoms with van der Waals surface area (Å²) in [6.07, 6.45) is 6.41. The number of hydrogen-bond donors (Lipinski definition) is 2. The molecule has 2 N–H and O–H groups in total. The van der Waals surface area contributed by atoms with Gasteiger partial charge in [0.25, 0.3) is 0 Å². The van der Waals surface area contributed by atoms with Crippen LogP contribution in [0.3, 0.4) is 0 Å². The van der Waals surface area contributed by atoms with E-state index >= 15 is 0 Å². The predicted molar refractivity (Wildman–Crippen MR) is 121 cm³/mol. The number of piperidine rings is 2. The molecule has 0 atom stereocenters. The highest BCUT2D eigenvalue weighted by molar-refractivity contribution is 7.89. The van der Waals surface area contributed by atoms with Gasteiger partial charge in [0.1, 0.15) is 5.65 Å². The number of sulfonamides is 1. The van der Waals surface area contributed by atoms with E-state index in [1.165, 1.54) is 5.56 Å². The van der Waals surface area contributed by atoms with Crippen molar-refractivity contribution >= 4 is 27.1 Å². The summed E-state index contributed by atoms with van der Waals surface area (Å²) in [5.74, 6) is 0.340. The lowest BCUT2D eigenvalue weighted by Crippen LogP contribution is -2.53. The van der Waals surface area contributed by atoms with Gasteiger partial charge in [-0.05, 0) is 70.1 Å². The molecule has 0 spiro atoms. The molecule has 4 rings (SSSR count). The number of rotatable bonds is 3. The molecule has 0 aliphatic carbocycles. The normalized spacial score (nSPS) is 20.3. The molecule has 2 aliphatic rings. The Hall–Kier alpha value is -2.13. The molecule has 2 saturated heterocycles. The van der Waals surface area contributed by atoms with Crippen molar-refractivity contribution in [3.8, 4) is 0 Å². The Morgan fingerprint density at radius 1 is 1.13 bits per heavy atom. The molecule has 170 valence electrons. The third-order valence-corrected chi connectivity index (χ3v) is 8.77. The molecule has 2 aliphatic heterocycles. The summed E-state index contributed by atoms with van der Waals surface area (Å²) in [6, 6.07) is 3.89. The van der Waals surface area contributed by atoms with Gasteiger partial charge >= 0.3 is 6.03 Å². The number of aromatic nitrogens is 2. The standard InChI is InChI=1S/C22H33N5O3S/c1-22(2,3)25-21(28)26-11-8-17(9-12-26)31(29,30)27-13-6-16(7-14-27)19-15-24-20-18(19)5-4-10-23-20/h4-5,10,15-17H,6-9,11-14H2,1-3H3,(H,23,24)(H,25,28). The van der Waals surface area contributed by atoms with Crippen LogP contribution in [0.4, 0.5) is 4.79 Å². The van der Waals surface area contributed by atoms with Crippen molar-refractivity contribution in [2.45, 2.75) is 63.2 Å². The van der Waals surface area contributed by atoms with Crippen LogP contribution in [-0.4, -0.2) is 70.6 Å². The third kappa shape index (κ3) is 4.72. The van der Waals surface area contributed by atoms with Crippen molar-refractivity contribution in [2.24, 2.45) is 0 Å². The minimum Gasteiger partial charge on any atom is -0.346 e. The van der Waals surface area contributed by atoms with Gasteiger partial charge in [0, 0.05) is 49.5 Å². The Morgan fingerprint density at radius 3 is 2.45 bits per heavy atom. The van der Waals surface area contributed by atoms with E-state index in [1.54, 1.807) is 15.4 Å². The van der Waals surface area contributed by atoms with E-state index in [2.05, 4.69) is 21.4 Å². The van der Waals surface area contributed by atoms with Gasteiger partial charge in [-0.1, -0.05) is 0 Å². The molecular formula is C22H33N5O3S. The molecule has 2 aromatic heterocycles. The van der Waals surface area contributed by atoms with Crippen molar-refractivity contribution in [3.63, 3.8) is 0 Å². The second kappa shape index (κ2) is 8.43. The fourth-order valence-electron chi connectivity index (χ4n) is 4.70. The number of pyridine rings is 1. The first-order valence-corrected chi connectivity index (χ1v) is 12.6. The number of H-pyrrole nitrogens is 1. The Balaban J connectivity index is 1.34. The van der Waals surface area contributed by atoms with Crippen molar-refractivity contribution in [3.05, 3.63) is 30.1 Å². The first kappa shape index (κ1) is 22.1. The third-order valence-electron chi connectivity index (χ3n) is 6.37. The number of fused-ring (bicyclic) bond motifs is 1. The first-order chi connectivity index (χ1) is 14.6. The van der Waals surface area contributed by atoms with Crippen LogP contribution in [-0.2, 0) is 10.0 Å². The molecule has 0 bridgehead atoms. The van der Waals surface area contributed by atoms with Gasteiger partial charge in [0.05, 0.1) is 5.25 Å². The number of carbonyl (C=O) groups is 1. The van der Waals surface area contributed by atoms with Crippen LogP contribution >= 0.6 is 0 Å². The lowest BCUT2D eigenvalue weighted by Gasteiger charge is -2.38. The molecule has 0 radical (unpaired) electrons. The number of urea groups is 1. The first-order valence-electron chi connectivity index (χ1n) is 11.1. The van der Waals surface area contributed by atoms with E-state index in [4.69, 9.17) is 0 Å². The van der Waals surface area contributed by atoms with Crippen LogP contribution in [0.15, 0.2) is 24.5 Å². The largest absolute Gasteiger partial charge is 0.346 e. The van der Waals surface area contributed by atoms with Crippen molar-refractivity contribution in [1.29, 1.82) is 0 Å². The summed E-state index contributed by atoms with van der Waals surface area (Å²) < 4.78 is 28.2. The highest BCUT2D eigenvalue weighted by Gasteiger charge is 2.38. The number of hydrogen-bond acceptors (Lipinski definition) is 4. The maximum Gasteiger partial charge on any atom is 0.317 e. The molecular weight excluding hydrogens is 414 g/mol. The van der Waals surface area contributed by atoms with Crippen molar-refractivity contribution < 1.29 is 13.2 Å². The zero-order valence-electron chi connectivity index (χ0n) is 18.6. The zero-order valence-corrected chi connectivity index (χ0v) is 19.4. The van der Waals surface area contributed by atoms with Crippen molar-refractivity contribution in [2.75, 3.05) is 26.2 Å². The maximum atomic E-state index is 13.2. The number of nitrogens with one attached hydrogen (secondary N) is 2. The molecule has 31 heavy (non-hydrogen) atoms. The molecule has 8 nitrogen and oxygen atoms in total. The van der Waals surface area contributed by atoms with Gasteiger partial charge in [0.15, 0.2) is 0 Å². The minimum absolute atomic E-state index is 0.114. The number of carbonyl (C=O) groups excluding carboxylic acids is 1. The summed E-state index contributed by atoms with van der Waals surface area (Å²) in [6.45, 7) is 7.88.